The molecule has 0 N–H and O–H groups in total. The Labute approximate surface area is 185 Å². The van der Waals surface area contributed by atoms with E-state index < -0.39 is 0 Å². The molecule has 0 fully saturated rings. The summed E-state index contributed by atoms with van der Waals surface area (Å²) in [5.74, 6) is 0.845. The van der Waals surface area contributed by atoms with Crippen molar-refractivity contribution in [3.05, 3.63) is 58.1 Å². The Balaban J connectivity index is 0.00000243. The molecule has 0 unspecified atom stereocenters. The summed E-state index contributed by atoms with van der Waals surface area (Å²) in [7, 11) is 0. The van der Waals surface area contributed by atoms with Gasteiger partial charge in [0, 0.05) is 10.2 Å². The SMILES string of the molecule is CSC1=NC(=Nc2c(C)cccc2C)C(C)(C)N1c1ccc(Br)cc1.I. The number of hydrogen-bond acceptors (Lipinski definition) is 3. The summed E-state index contributed by atoms with van der Waals surface area (Å²) in [6.07, 6.45) is 2.06. The van der Waals surface area contributed by atoms with Crippen molar-refractivity contribution in [2.24, 2.45) is 9.98 Å². The monoisotopic (exact) mass is 543 g/mol. The maximum Gasteiger partial charge on any atom is 0.170 e. The zero-order valence-corrected chi connectivity index (χ0v) is 20.3. The molecule has 0 atom stereocenters. The molecule has 0 saturated carbocycles. The number of aryl methyl sites for hydroxylation is 2. The van der Waals surface area contributed by atoms with E-state index in [9.17, 15) is 0 Å². The predicted molar refractivity (Wildman–Crippen MR) is 130 cm³/mol. The Morgan fingerprint density at radius 3 is 2.15 bits per heavy atom. The van der Waals surface area contributed by atoms with E-state index in [2.05, 4.69) is 97.2 Å². The molecule has 0 radical (unpaired) electrons. The van der Waals surface area contributed by atoms with Crippen molar-refractivity contribution in [1.82, 2.24) is 0 Å². The summed E-state index contributed by atoms with van der Waals surface area (Å²) in [6, 6.07) is 14.6. The number of hydrogen-bond donors (Lipinski definition) is 0. The molecular weight excluding hydrogens is 521 g/mol. The lowest BCUT2D eigenvalue weighted by Gasteiger charge is -2.33. The fourth-order valence-electron chi connectivity index (χ4n) is 3.03. The van der Waals surface area contributed by atoms with Crippen LogP contribution in [0, 0.1) is 13.8 Å². The van der Waals surface area contributed by atoms with Crippen LogP contribution in [0.1, 0.15) is 25.0 Å². The van der Waals surface area contributed by atoms with Crippen LogP contribution in [0.5, 0.6) is 0 Å². The first-order chi connectivity index (χ1) is 11.8. The first kappa shape index (κ1) is 21.4. The van der Waals surface area contributed by atoms with E-state index in [4.69, 9.17) is 9.98 Å². The van der Waals surface area contributed by atoms with Crippen LogP contribution in [0.25, 0.3) is 0 Å². The second-order valence-electron chi connectivity index (χ2n) is 6.65. The Morgan fingerprint density at radius 1 is 1.04 bits per heavy atom. The molecule has 1 heterocycles. The van der Waals surface area contributed by atoms with Crippen molar-refractivity contribution < 1.29 is 0 Å². The smallest absolute Gasteiger partial charge is 0.170 e. The van der Waals surface area contributed by atoms with E-state index in [0.717, 1.165) is 26.9 Å². The van der Waals surface area contributed by atoms with Gasteiger partial charge >= 0.3 is 0 Å². The summed E-state index contributed by atoms with van der Waals surface area (Å²) < 4.78 is 1.07. The first-order valence-electron chi connectivity index (χ1n) is 8.18. The van der Waals surface area contributed by atoms with Crippen molar-refractivity contribution in [3.8, 4) is 0 Å². The van der Waals surface area contributed by atoms with Gasteiger partial charge in [-0.05, 0) is 69.3 Å². The Bertz CT molecular complexity index is 840. The standard InChI is InChI=1S/C20H22BrN3S.HI/c1-13-7-6-8-14(2)17(13)22-18-20(3,4)24(19(23-18)25-5)16-11-9-15(21)10-12-16;/h6-12H,1-5H3;1H. The molecule has 1 aliphatic rings. The molecular formula is C20H23BrIN3S. The van der Waals surface area contributed by atoms with Gasteiger partial charge in [0.1, 0.15) is 5.54 Å². The highest BCUT2D eigenvalue weighted by Gasteiger charge is 2.41. The number of benzene rings is 2. The number of amidine groups is 2. The number of halogens is 2. The lowest BCUT2D eigenvalue weighted by Crippen LogP contribution is -2.46. The topological polar surface area (TPSA) is 28.0 Å². The van der Waals surface area contributed by atoms with Crippen LogP contribution in [0.15, 0.2) is 56.9 Å². The zero-order valence-electron chi connectivity index (χ0n) is 15.6. The van der Waals surface area contributed by atoms with Crippen LogP contribution in [0.3, 0.4) is 0 Å². The molecule has 0 bridgehead atoms. The summed E-state index contributed by atoms with van der Waals surface area (Å²) in [6.45, 7) is 8.54. The number of aliphatic imine (C=N–C) groups is 2. The van der Waals surface area contributed by atoms with Crippen LogP contribution in [-0.2, 0) is 0 Å². The fourth-order valence-corrected chi connectivity index (χ4v) is 3.98. The van der Waals surface area contributed by atoms with E-state index in [-0.39, 0.29) is 29.5 Å². The van der Waals surface area contributed by atoms with Gasteiger partial charge in [0.15, 0.2) is 11.0 Å². The second-order valence-corrected chi connectivity index (χ2v) is 8.33. The van der Waals surface area contributed by atoms with E-state index in [1.54, 1.807) is 11.8 Å². The van der Waals surface area contributed by atoms with Gasteiger partial charge in [0.25, 0.3) is 0 Å². The molecule has 2 aromatic carbocycles. The van der Waals surface area contributed by atoms with Gasteiger partial charge in [0.05, 0.1) is 5.69 Å². The average molecular weight is 544 g/mol. The number of nitrogens with zero attached hydrogens (tertiary/aromatic N) is 3. The van der Waals surface area contributed by atoms with Crippen molar-refractivity contribution in [3.63, 3.8) is 0 Å². The summed E-state index contributed by atoms with van der Waals surface area (Å²) in [5, 5.41) is 0.970. The second kappa shape index (κ2) is 8.44. The van der Waals surface area contributed by atoms with Crippen LogP contribution >= 0.6 is 51.7 Å². The number of anilines is 1. The van der Waals surface area contributed by atoms with E-state index in [0.29, 0.717) is 0 Å². The van der Waals surface area contributed by atoms with Crippen LogP contribution in [0.2, 0.25) is 0 Å². The van der Waals surface area contributed by atoms with Gasteiger partial charge in [-0.15, -0.1) is 24.0 Å². The highest BCUT2D eigenvalue weighted by Crippen LogP contribution is 2.36. The molecule has 26 heavy (non-hydrogen) atoms. The maximum atomic E-state index is 4.97. The van der Waals surface area contributed by atoms with Crippen molar-refractivity contribution >= 4 is 74.0 Å². The minimum Gasteiger partial charge on any atom is -0.308 e. The van der Waals surface area contributed by atoms with Gasteiger partial charge in [-0.25, -0.2) is 9.98 Å². The van der Waals surface area contributed by atoms with Gasteiger partial charge in [0.2, 0.25) is 0 Å². The maximum absolute atomic E-state index is 4.97. The summed E-state index contributed by atoms with van der Waals surface area (Å²) in [4.78, 5) is 12.1. The zero-order chi connectivity index (χ0) is 18.2. The Morgan fingerprint density at radius 2 is 1.62 bits per heavy atom. The van der Waals surface area contributed by atoms with Crippen molar-refractivity contribution in [2.75, 3.05) is 11.2 Å². The highest BCUT2D eigenvalue weighted by molar-refractivity contribution is 14.0. The molecule has 138 valence electrons. The number of para-hydroxylation sites is 1. The molecule has 1 aliphatic heterocycles. The predicted octanol–water partition coefficient (Wildman–Crippen LogP) is 6.73. The van der Waals surface area contributed by atoms with Crippen LogP contribution in [0.4, 0.5) is 11.4 Å². The summed E-state index contributed by atoms with van der Waals surface area (Å²) in [5.41, 5.74) is 4.17. The third-order valence-corrected chi connectivity index (χ3v) is 5.59. The molecule has 6 heteroatoms. The van der Waals surface area contributed by atoms with Crippen molar-refractivity contribution in [1.29, 1.82) is 0 Å². The molecule has 3 rings (SSSR count). The lowest BCUT2D eigenvalue weighted by atomic mass is 10.0. The average Bonchev–Trinajstić information content (AvgIpc) is 2.82. The molecule has 0 aliphatic carbocycles. The molecule has 0 saturated heterocycles. The molecule has 0 amide bonds. The highest BCUT2D eigenvalue weighted by atomic mass is 127. The normalized spacial score (nSPS) is 17.2. The van der Waals surface area contributed by atoms with Crippen LogP contribution < -0.4 is 4.90 Å². The minimum absolute atomic E-state index is 0. The number of thioether (sulfide) groups is 1. The lowest BCUT2D eigenvalue weighted by molar-refractivity contribution is 0.699. The van der Waals surface area contributed by atoms with Gasteiger partial charge in [-0.2, -0.15) is 0 Å². The molecule has 2 aromatic rings. The first-order valence-corrected chi connectivity index (χ1v) is 10.2. The van der Waals surface area contributed by atoms with E-state index in [1.807, 2.05) is 0 Å². The number of rotatable bonds is 2. The Hall–Kier alpha value is -0.860. The van der Waals surface area contributed by atoms with Gasteiger partial charge < -0.3 is 4.90 Å². The van der Waals surface area contributed by atoms with Crippen LogP contribution in [-0.4, -0.2) is 22.8 Å². The van der Waals surface area contributed by atoms with Gasteiger partial charge in [-0.1, -0.05) is 45.9 Å². The fraction of sp³-hybridized carbons (Fsp3) is 0.300. The quantitative estimate of drug-likeness (QED) is 0.393. The van der Waals surface area contributed by atoms with E-state index >= 15 is 0 Å². The molecule has 0 aromatic heterocycles. The largest absolute Gasteiger partial charge is 0.308 e. The third kappa shape index (κ3) is 4.02. The van der Waals surface area contributed by atoms with E-state index in [1.165, 1.54) is 11.1 Å². The minimum atomic E-state index is -0.319. The van der Waals surface area contributed by atoms with Gasteiger partial charge in [-0.3, -0.25) is 0 Å². The molecule has 0 spiro atoms. The Kier molecular flexibility index (Phi) is 6.96. The van der Waals surface area contributed by atoms with Crippen molar-refractivity contribution in [2.45, 2.75) is 33.2 Å². The summed E-state index contributed by atoms with van der Waals surface area (Å²) >= 11 is 5.16. The third-order valence-electron chi connectivity index (χ3n) is 4.42. The molecule has 3 nitrogen and oxygen atoms in total.